The molecule has 0 aromatic carbocycles. The molecule has 0 aromatic heterocycles. The summed E-state index contributed by atoms with van der Waals surface area (Å²) >= 11 is 2.04. The first kappa shape index (κ1) is 9.77. The third kappa shape index (κ3) is 2.37. The zero-order valence-corrected chi connectivity index (χ0v) is 8.72. The van der Waals surface area contributed by atoms with Gasteiger partial charge in [0.25, 0.3) is 0 Å². The van der Waals surface area contributed by atoms with Crippen LogP contribution in [0, 0.1) is 0 Å². The van der Waals surface area contributed by atoms with E-state index in [0.29, 0.717) is 6.04 Å². The number of nitrogens with zero attached hydrogens (tertiary/aromatic N) is 1. The van der Waals surface area contributed by atoms with Gasteiger partial charge in [-0.1, -0.05) is 0 Å². The molecule has 2 saturated heterocycles. The normalized spacial score (nSPS) is 37.6. The van der Waals surface area contributed by atoms with Gasteiger partial charge in [-0.3, -0.25) is 4.90 Å². The highest BCUT2D eigenvalue weighted by Gasteiger charge is 2.30. The number of hydrogen-bond donors (Lipinski definition) is 2. The van der Waals surface area contributed by atoms with Gasteiger partial charge in [-0.25, -0.2) is 0 Å². The molecular weight excluding hydrogens is 184 g/mol. The lowest BCUT2D eigenvalue weighted by atomic mass is 10.2. The van der Waals surface area contributed by atoms with E-state index in [2.05, 4.69) is 10.2 Å². The Morgan fingerprint density at radius 3 is 2.92 bits per heavy atom. The van der Waals surface area contributed by atoms with Gasteiger partial charge < -0.3 is 10.4 Å². The van der Waals surface area contributed by atoms with Crippen molar-refractivity contribution < 1.29 is 5.11 Å². The minimum absolute atomic E-state index is 0.150. The number of aliphatic hydroxyl groups excluding tert-OH is 1. The van der Waals surface area contributed by atoms with E-state index in [-0.39, 0.29) is 6.10 Å². The largest absolute Gasteiger partial charge is 0.390 e. The van der Waals surface area contributed by atoms with Gasteiger partial charge in [0.05, 0.1) is 6.10 Å². The summed E-state index contributed by atoms with van der Waals surface area (Å²) in [6, 6.07) is 0.374. The maximum absolute atomic E-state index is 9.72. The third-order valence-corrected chi connectivity index (χ3v) is 3.93. The van der Waals surface area contributed by atoms with Crippen molar-refractivity contribution in [1.29, 1.82) is 0 Å². The topological polar surface area (TPSA) is 35.5 Å². The average molecular weight is 202 g/mol. The van der Waals surface area contributed by atoms with Crippen molar-refractivity contribution in [2.45, 2.75) is 18.6 Å². The Hall–Kier alpha value is 0.230. The number of β-amino-alcohol motifs (C(OH)–C–C–N with tert-alkyl or cyclic N) is 1. The molecule has 0 aliphatic carbocycles. The van der Waals surface area contributed by atoms with Gasteiger partial charge in [-0.15, -0.1) is 0 Å². The molecule has 0 saturated carbocycles. The second-order valence-electron chi connectivity index (χ2n) is 3.79. The van der Waals surface area contributed by atoms with Gasteiger partial charge >= 0.3 is 0 Å². The molecule has 76 valence electrons. The maximum atomic E-state index is 9.72. The molecule has 2 aliphatic rings. The quantitative estimate of drug-likeness (QED) is 0.615. The Balaban J connectivity index is 1.89. The van der Waals surface area contributed by atoms with Crippen molar-refractivity contribution in [3.63, 3.8) is 0 Å². The molecule has 2 fully saturated rings. The molecule has 0 amide bonds. The van der Waals surface area contributed by atoms with Crippen LogP contribution in [0.5, 0.6) is 0 Å². The van der Waals surface area contributed by atoms with Crippen LogP contribution in [0.15, 0.2) is 0 Å². The van der Waals surface area contributed by atoms with Crippen molar-refractivity contribution in [3.8, 4) is 0 Å². The van der Waals surface area contributed by atoms with Gasteiger partial charge in [0.15, 0.2) is 0 Å². The van der Waals surface area contributed by atoms with E-state index in [1.54, 1.807) is 0 Å². The highest BCUT2D eigenvalue weighted by atomic mass is 32.2. The van der Waals surface area contributed by atoms with Crippen LogP contribution in [0.25, 0.3) is 0 Å². The zero-order chi connectivity index (χ0) is 9.10. The predicted molar refractivity (Wildman–Crippen MR) is 56.2 cm³/mol. The summed E-state index contributed by atoms with van der Waals surface area (Å²) in [5.74, 6) is 2.51. The summed E-state index contributed by atoms with van der Waals surface area (Å²) in [7, 11) is 0. The Labute approximate surface area is 83.9 Å². The van der Waals surface area contributed by atoms with Crippen LogP contribution >= 0.6 is 11.8 Å². The molecule has 13 heavy (non-hydrogen) atoms. The summed E-state index contributed by atoms with van der Waals surface area (Å²) in [6.45, 7) is 4.05. The lowest BCUT2D eigenvalue weighted by Crippen LogP contribution is -2.44. The van der Waals surface area contributed by atoms with Crippen molar-refractivity contribution in [1.82, 2.24) is 10.2 Å². The van der Waals surface area contributed by atoms with Crippen LogP contribution in [0.4, 0.5) is 0 Å². The standard InChI is InChI=1S/C9H18N2OS/c12-9-7-10-6-8(9)11-2-1-4-13-5-3-11/h8-10,12H,1-7H2. The fourth-order valence-corrected chi connectivity index (χ4v) is 3.02. The van der Waals surface area contributed by atoms with E-state index < -0.39 is 0 Å². The Bertz CT molecular complexity index is 160. The van der Waals surface area contributed by atoms with Gasteiger partial charge in [0, 0.05) is 31.4 Å². The second kappa shape index (κ2) is 4.64. The molecule has 2 aliphatic heterocycles. The number of rotatable bonds is 1. The van der Waals surface area contributed by atoms with Crippen molar-refractivity contribution >= 4 is 11.8 Å². The van der Waals surface area contributed by atoms with Gasteiger partial charge in [0.2, 0.25) is 0 Å². The minimum Gasteiger partial charge on any atom is -0.390 e. The first-order valence-electron chi connectivity index (χ1n) is 5.08. The summed E-state index contributed by atoms with van der Waals surface area (Å²) in [4.78, 5) is 2.45. The summed E-state index contributed by atoms with van der Waals surface area (Å²) < 4.78 is 0. The molecule has 0 radical (unpaired) electrons. The minimum atomic E-state index is -0.150. The molecule has 4 heteroatoms. The van der Waals surface area contributed by atoms with Crippen LogP contribution in [0.1, 0.15) is 6.42 Å². The Kier molecular flexibility index (Phi) is 3.49. The lowest BCUT2D eigenvalue weighted by molar-refractivity contribution is 0.0882. The van der Waals surface area contributed by atoms with Gasteiger partial charge in [-0.2, -0.15) is 11.8 Å². The van der Waals surface area contributed by atoms with E-state index >= 15 is 0 Å². The van der Waals surface area contributed by atoms with Crippen molar-refractivity contribution in [3.05, 3.63) is 0 Å². The van der Waals surface area contributed by atoms with E-state index in [4.69, 9.17) is 0 Å². The molecule has 0 bridgehead atoms. The summed E-state index contributed by atoms with van der Waals surface area (Å²) in [5.41, 5.74) is 0. The van der Waals surface area contributed by atoms with Gasteiger partial charge in [0.1, 0.15) is 0 Å². The number of hydrogen-bond acceptors (Lipinski definition) is 4. The first-order valence-corrected chi connectivity index (χ1v) is 6.24. The molecule has 2 rings (SSSR count). The molecule has 0 spiro atoms. The van der Waals surface area contributed by atoms with Crippen LogP contribution in [0.2, 0.25) is 0 Å². The molecule has 3 nitrogen and oxygen atoms in total. The van der Waals surface area contributed by atoms with Crippen LogP contribution in [-0.2, 0) is 0 Å². The van der Waals surface area contributed by atoms with E-state index in [1.165, 1.54) is 17.9 Å². The number of nitrogens with one attached hydrogen (secondary N) is 1. The zero-order valence-electron chi connectivity index (χ0n) is 7.91. The van der Waals surface area contributed by atoms with E-state index in [0.717, 1.165) is 26.2 Å². The average Bonchev–Trinajstić information content (AvgIpc) is 2.43. The maximum Gasteiger partial charge on any atom is 0.0831 e. The number of thioether (sulfide) groups is 1. The monoisotopic (exact) mass is 202 g/mol. The highest BCUT2D eigenvalue weighted by molar-refractivity contribution is 7.99. The SMILES string of the molecule is OC1CNCC1N1CCCSCC1. The fraction of sp³-hybridized carbons (Fsp3) is 1.00. The summed E-state index contributed by atoms with van der Waals surface area (Å²) in [6.07, 6.45) is 1.12. The molecule has 2 unspecified atom stereocenters. The molecular formula is C9H18N2OS. The first-order chi connectivity index (χ1) is 6.38. The molecule has 0 aromatic rings. The van der Waals surface area contributed by atoms with E-state index in [1.807, 2.05) is 11.8 Å². The second-order valence-corrected chi connectivity index (χ2v) is 5.02. The molecule has 2 N–H and O–H groups in total. The van der Waals surface area contributed by atoms with Crippen molar-refractivity contribution in [2.75, 3.05) is 37.7 Å². The number of aliphatic hydroxyl groups is 1. The Morgan fingerprint density at radius 2 is 2.15 bits per heavy atom. The highest BCUT2D eigenvalue weighted by Crippen LogP contribution is 2.15. The molecule has 2 heterocycles. The van der Waals surface area contributed by atoms with Gasteiger partial charge in [-0.05, 0) is 18.7 Å². The summed E-state index contributed by atoms with van der Waals surface area (Å²) in [5, 5.41) is 13.0. The predicted octanol–water partition coefficient (Wildman–Crippen LogP) is -0.242. The van der Waals surface area contributed by atoms with Crippen molar-refractivity contribution in [2.24, 2.45) is 0 Å². The fourth-order valence-electron chi connectivity index (χ4n) is 2.12. The third-order valence-electron chi connectivity index (χ3n) is 2.88. The Morgan fingerprint density at radius 1 is 1.23 bits per heavy atom. The smallest absolute Gasteiger partial charge is 0.0831 e. The molecule has 2 atom stereocenters. The van der Waals surface area contributed by atoms with Crippen LogP contribution in [0.3, 0.4) is 0 Å². The van der Waals surface area contributed by atoms with Crippen LogP contribution in [-0.4, -0.2) is 59.8 Å². The van der Waals surface area contributed by atoms with E-state index in [9.17, 15) is 5.11 Å². The van der Waals surface area contributed by atoms with Crippen LogP contribution < -0.4 is 5.32 Å². The lowest BCUT2D eigenvalue weighted by Gasteiger charge is -2.28.